The van der Waals surface area contributed by atoms with Gasteiger partial charge in [0.05, 0.1) is 0 Å². The van der Waals surface area contributed by atoms with Crippen molar-refractivity contribution in [2.75, 3.05) is 13.1 Å². The third-order valence-corrected chi connectivity index (χ3v) is 1.10. The van der Waals surface area contributed by atoms with Crippen molar-refractivity contribution < 1.29 is 4.79 Å². The van der Waals surface area contributed by atoms with E-state index in [1.54, 1.807) is 0 Å². The summed E-state index contributed by atoms with van der Waals surface area (Å²) >= 11 is 0. The molecule has 0 fully saturated rings. The maximum atomic E-state index is 9.82. The minimum absolute atomic E-state index is 0.187. The van der Waals surface area contributed by atoms with Crippen molar-refractivity contribution in [2.45, 2.75) is 6.42 Å². The Morgan fingerprint density at radius 2 is 1.88 bits per heavy atom. The number of hydrogen-bond donors (Lipinski definition) is 2. The zero-order valence-electron chi connectivity index (χ0n) is 4.84. The normalized spacial score (nSPS) is 9.88. The molecule has 0 aromatic carbocycles. The highest BCUT2D eigenvalue weighted by molar-refractivity contribution is 5.49. The number of nitrogens with two attached hydrogens (primary N) is 2. The highest BCUT2D eigenvalue weighted by Crippen LogP contribution is 1.92. The fourth-order valence-electron chi connectivity index (χ4n) is 0.425. The van der Waals surface area contributed by atoms with Gasteiger partial charge in [0, 0.05) is 6.42 Å². The van der Waals surface area contributed by atoms with Crippen LogP contribution < -0.4 is 11.5 Å². The molecule has 0 aromatic rings. The van der Waals surface area contributed by atoms with Crippen LogP contribution in [-0.4, -0.2) is 19.4 Å². The van der Waals surface area contributed by atoms with E-state index < -0.39 is 0 Å². The minimum Gasteiger partial charge on any atom is -0.330 e. The molecule has 0 amide bonds. The van der Waals surface area contributed by atoms with E-state index in [1.165, 1.54) is 0 Å². The van der Waals surface area contributed by atoms with Crippen molar-refractivity contribution in [1.82, 2.24) is 0 Å². The van der Waals surface area contributed by atoms with E-state index in [0.29, 0.717) is 19.5 Å². The van der Waals surface area contributed by atoms with Gasteiger partial charge in [-0.15, -0.1) is 0 Å². The van der Waals surface area contributed by atoms with E-state index >= 15 is 0 Å². The van der Waals surface area contributed by atoms with E-state index in [4.69, 9.17) is 11.5 Å². The smallest absolute Gasteiger partial charge is 0.120 e. The summed E-state index contributed by atoms with van der Waals surface area (Å²) in [5, 5.41) is 0. The average Bonchev–Trinajstić information content (AvgIpc) is 1.83. The zero-order chi connectivity index (χ0) is 6.41. The van der Waals surface area contributed by atoms with Gasteiger partial charge in [-0.05, 0) is 19.0 Å². The third kappa shape index (κ3) is 2.71. The van der Waals surface area contributed by atoms with E-state index in [-0.39, 0.29) is 5.92 Å². The number of hydrogen-bond acceptors (Lipinski definition) is 3. The molecule has 3 nitrogen and oxygen atoms in total. The van der Waals surface area contributed by atoms with Gasteiger partial charge in [0.2, 0.25) is 0 Å². The highest BCUT2D eigenvalue weighted by Gasteiger charge is 2.00. The molecular formula is C5H12N2O. The SMILES string of the molecule is NCC(CN)CC=O. The molecule has 0 bridgehead atoms. The quantitative estimate of drug-likeness (QED) is 0.468. The van der Waals surface area contributed by atoms with Crippen LogP contribution in [-0.2, 0) is 4.79 Å². The first-order chi connectivity index (χ1) is 3.85. The van der Waals surface area contributed by atoms with Crippen LogP contribution in [0.5, 0.6) is 0 Å². The Hall–Kier alpha value is -0.410. The second-order valence-corrected chi connectivity index (χ2v) is 1.74. The molecule has 3 heteroatoms. The lowest BCUT2D eigenvalue weighted by Crippen LogP contribution is -2.23. The second-order valence-electron chi connectivity index (χ2n) is 1.74. The Kier molecular flexibility index (Phi) is 4.50. The van der Waals surface area contributed by atoms with Gasteiger partial charge in [0.1, 0.15) is 6.29 Å². The highest BCUT2D eigenvalue weighted by atomic mass is 16.1. The Balaban J connectivity index is 3.20. The molecular weight excluding hydrogens is 104 g/mol. The molecule has 0 saturated heterocycles. The van der Waals surface area contributed by atoms with Crippen LogP contribution >= 0.6 is 0 Å². The Morgan fingerprint density at radius 3 is 2.00 bits per heavy atom. The van der Waals surface area contributed by atoms with Gasteiger partial charge in [-0.25, -0.2) is 0 Å². The molecule has 0 radical (unpaired) electrons. The molecule has 0 unspecified atom stereocenters. The predicted octanol–water partition coefficient (Wildman–Crippen LogP) is -0.891. The molecule has 0 atom stereocenters. The molecule has 0 aromatic heterocycles. The van der Waals surface area contributed by atoms with Crippen molar-refractivity contribution in [3.8, 4) is 0 Å². The Labute approximate surface area is 49.0 Å². The van der Waals surface area contributed by atoms with E-state index in [1.807, 2.05) is 0 Å². The van der Waals surface area contributed by atoms with Gasteiger partial charge < -0.3 is 16.3 Å². The first-order valence-electron chi connectivity index (χ1n) is 2.69. The van der Waals surface area contributed by atoms with Crippen molar-refractivity contribution in [3.63, 3.8) is 0 Å². The average molecular weight is 116 g/mol. The van der Waals surface area contributed by atoms with Crippen molar-refractivity contribution >= 4 is 6.29 Å². The summed E-state index contributed by atoms with van der Waals surface area (Å²) in [6.07, 6.45) is 1.34. The van der Waals surface area contributed by atoms with Crippen molar-refractivity contribution in [3.05, 3.63) is 0 Å². The van der Waals surface area contributed by atoms with Gasteiger partial charge in [-0.1, -0.05) is 0 Å². The fraction of sp³-hybridized carbons (Fsp3) is 0.800. The van der Waals surface area contributed by atoms with E-state index in [2.05, 4.69) is 0 Å². The summed E-state index contributed by atoms with van der Waals surface area (Å²) in [5.74, 6) is 0.187. The molecule has 0 aliphatic carbocycles. The van der Waals surface area contributed by atoms with Gasteiger partial charge in [0.15, 0.2) is 0 Å². The second kappa shape index (κ2) is 4.74. The fourth-order valence-corrected chi connectivity index (χ4v) is 0.425. The van der Waals surface area contributed by atoms with Gasteiger partial charge in [0.25, 0.3) is 0 Å². The number of rotatable bonds is 4. The van der Waals surface area contributed by atoms with Crippen LogP contribution in [0.3, 0.4) is 0 Å². The topological polar surface area (TPSA) is 69.1 Å². The van der Waals surface area contributed by atoms with E-state index in [0.717, 1.165) is 6.29 Å². The molecule has 0 rings (SSSR count). The summed E-state index contributed by atoms with van der Waals surface area (Å²) < 4.78 is 0. The van der Waals surface area contributed by atoms with Crippen LogP contribution in [0.2, 0.25) is 0 Å². The molecule has 4 N–H and O–H groups in total. The molecule has 8 heavy (non-hydrogen) atoms. The Morgan fingerprint density at radius 1 is 1.38 bits per heavy atom. The van der Waals surface area contributed by atoms with Crippen molar-refractivity contribution in [2.24, 2.45) is 17.4 Å². The molecule has 0 heterocycles. The summed E-state index contributed by atoms with van der Waals surface area (Å²) in [6, 6.07) is 0. The van der Waals surface area contributed by atoms with Crippen LogP contribution in [0.25, 0.3) is 0 Å². The van der Waals surface area contributed by atoms with Crippen LogP contribution in [0, 0.1) is 5.92 Å². The van der Waals surface area contributed by atoms with Crippen molar-refractivity contribution in [1.29, 1.82) is 0 Å². The number of aldehydes is 1. The van der Waals surface area contributed by atoms with Crippen LogP contribution in [0.1, 0.15) is 6.42 Å². The van der Waals surface area contributed by atoms with Gasteiger partial charge >= 0.3 is 0 Å². The lowest BCUT2D eigenvalue weighted by atomic mass is 10.1. The molecule has 48 valence electrons. The first kappa shape index (κ1) is 7.59. The minimum atomic E-state index is 0.187. The molecule has 0 saturated carbocycles. The maximum Gasteiger partial charge on any atom is 0.120 e. The zero-order valence-corrected chi connectivity index (χ0v) is 4.84. The molecule has 0 spiro atoms. The maximum absolute atomic E-state index is 9.82. The summed E-state index contributed by atoms with van der Waals surface area (Å²) in [4.78, 5) is 9.82. The Bertz CT molecular complexity index is 61.4. The lowest BCUT2D eigenvalue weighted by molar-refractivity contribution is -0.108. The standard InChI is InChI=1S/C5H12N2O/c6-3-5(4-7)1-2-8/h2,5H,1,3-4,6-7H2. The van der Waals surface area contributed by atoms with Crippen LogP contribution in [0.15, 0.2) is 0 Å². The monoisotopic (exact) mass is 116 g/mol. The predicted molar refractivity (Wildman–Crippen MR) is 32.3 cm³/mol. The van der Waals surface area contributed by atoms with Gasteiger partial charge in [-0.2, -0.15) is 0 Å². The summed E-state index contributed by atoms with van der Waals surface area (Å²) in [6.45, 7) is 1.02. The number of carbonyl (C=O) groups is 1. The van der Waals surface area contributed by atoms with Crippen LogP contribution in [0.4, 0.5) is 0 Å². The first-order valence-corrected chi connectivity index (χ1v) is 2.69. The number of carbonyl (C=O) groups excluding carboxylic acids is 1. The van der Waals surface area contributed by atoms with Gasteiger partial charge in [-0.3, -0.25) is 0 Å². The molecule has 0 aliphatic heterocycles. The molecule has 0 aliphatic rings. The summed E-state index contributed by atoms with van der Waals surface area (Å²) in [5.41, 5.74) is 10.5. The third-order valence-electron chi connectivity index (χ3n) is 1.10. The lowest BCUT2D eigenvalue weighted by Gasteiger charge is -2.04. The summed E-state index contributed by atoms with van der Waals surface area (Å²) in [7, 11) is 0. The van der Waals surface area contributed by atoms with E-state index in [9.17, 15) is 4.79 Å². The largest absolute Gasteiger partial charge is 0.330 e.